The van der Waals surface area contributed by atoms with E-state index in [1.165, 1.54) is 0 Å². The number of fused-ring (bicyclic) bond motifs is 8. The highest BCUT2D eigenvalue weighted by molar-refractivity contribution is 6.13. The SMILES string of the molecule is [2H]c1c([2H])c(-c2c([2H])c([2H])c3c(oc4c([2H])c([2H])c([2H])c(Cc5nc6ccccc6nc5-c5ccccc5)c43)c2[2H])c([2H])c([2H])c1-c1c([2H])c([2H])c(-n2c3c([2H])c([2H])c([2H])c([2H])c3c3c([2H])c4c([2H])c([2H])c([2H])c([2H])c4c([2H])c32)c([2H])c1[2H]. The summed E-state index contributed by atoms with van der Waals surface area (Å²) in [5, 5.41) is -2.18. The third kappa shape index (κ3) is 5.60. The Balaban J connectivity index is 1.07. The number of furan rings is 1. The third-order valence-corrected chi connectivity index (χ3v) is 9.93. The second-order valence-corrected chi connectivity index (χ2v) is 13.4. The van der Waals surface area contributed by atoms with E-state index >= 15 is 0 Å². The Morgan fingerprint density at radius 3 is 1.93 bits per heavy atom. The van der Waals surface area contributed by atoms with Gasteiger partial charge in [-0.1, -0.05) is 139 Å². The molecule has 0 saturated carbocycles. The van der Waals surface area contributed by atoms with Crippen LogP contribution in [0.4, 0.5) is 0 Å². The molecule has 4 nitrogen and oxygen atoms in total. The number of hydrogen-bond donors (Lipinski definition) is 0. The summed E-state index contributed by atoms with van der Waals surface area (Å²) in [7, 11) is 0. The molecule has 0 atom stereocenters. The van der Waals surface area contributed by atoms with Gasteiger partial charge in [-0.05, 0) is 99.1 Å². The molecule has 0 aliphatic heterocycles. The fourth-order valence-corrected chi connectivity index (χ4v) is 7.23. The summed E-state index contributed by atoms with van der Waals surface area (Å²) in [5.74, 6) is 0. The first-order chi connectivity index (χ1) is 39.3. The van der Waals surface area contributed by atoms with E-state index in [0.717, 1.165) is 4.57 Å². The molecule has 12 aromatic rings. The predicted octanol–water partition coefficient (Wildman–Crippen LogP) is 14.4. The summed E-state index contributed by atoms with van der Waals surface area (Å²) in [4.78, 5) is 9.78. The molecule has 3 aromatic heterocycles. The van der Waals surface area contributed by atoms with Crippen LogP contribution in [0, 0.1) is 0 Å². The van der Waals surface area contributed by atoms with Crippen molar-refractivity contribution in [2.24, 2.45) is 0 Å². The number of benzene rings is 9. The van der Waals surface area contributed by atoms with Gasteiger partial charge in [-0.2, -0.15) is 0 Å². The first-order valence-corrected chi connectivity index (χ1v) is 18.2. The monoisotopic (exact) mass is 777 g/mol. The van der Waals surface area contributed by atoms with Crippen molar-refractivity contribution in [2.45, 2.75) is 6.42 Å². The normalized spacial score (nSPS) is 17.5. The van der Waals surface area contributed by atoms with E-state index in [1.807, 2.05) is 18.2 Å². The van der Waals surface area contributed by atoms with Gasteiger partial charge in [0.15, 0.2) is 0 Å². The lowest BCUT2D eigenvalue weighted by Crippen LogP contribution is -2.00. The van der Waals surface area contributed by atoms with E-state index in [4.69, 9.17) is 28.1 Å². The van der Waals surface area contributed by atoms with Crippen molar-refractivity contribution >= 4 is 65.6 Å². The summed E-state index contributed by atoms with van der Waals surface area (Å²) in [6.45, 7) is 0. The highest BCUT2D eigenvalue weighted by atomic mass is 16.3. The lowest BCUT2D eigenvalue weighted by atomic mass is 9.97. The molecule has 3 heterocycles. The van der Waals surface area contributed by atoms with Crippen LogP contribution >= 0.6 is 0 Å². The van der Waals surface area contributed by atoms with Crippen molar-refractivity contribution in [1.82, 2.24) is 14.5 Å². The summed E-state index contributed by atoms with van der Waals surface area (Å²) in [6, 6.07) is -3.47. The van der Waals surface area contributed by atoms with Crippen LogP contribution in [0.25, 0.3) is 105 Å². The largest absolute Gasteiger partial charge is 0.456 e. The van der Waals surface area contributed by atoms with Crippen LogP contribution in [0.5, 0.6) is 0 Å². The van der Waals surface area contributed by atoms with Crippen LogP contribution in [-0.2, 0) is 6.42 Å². The molecule has 0 fully saturated rings. The van der Waals surface area contributed by atoms with Gasteiger partial charge in [0.1, 0.15) is 11.2 Å². The fraction of sp³-hybridized carbons (Fsp3) is 0.0182. The smallest absolute Gasteiger partial charge is 0.136 e. The zero-order valence-electron chi connectivity index (χ0n) is 54.2. The van der Waals surface area contributed by atoms with Crippen molar-refractivity contribution < 1.29 is 37.3 Å². The van der Waals surface area contributed by atoms with Crippen LogP contribution in [0.15, 0.2) is 204 Å². The maximum atomic E-state index is 9.52. The molecular weight excluding hydrogens is 719 g/mol. The van der Waals surface area contributed by atoms with Gasteiger partial charge in [0.25, 0.3) is 0 Å². The van der Waals surface area contributed by atoms with Crippen molar-refractivity contribution in [3.8, 4) is 39.2 Å². The van der Waals surface area contributed by atoms with E-state index < -0.39 is 211 Å². The van der Waals surface area contributed by atoms with Gasteiger partial charge >= 0.3 is 0 Å². The number of nitrogens with zero attached hydrogens (tertiary/aromatic N) is 3. The van der Waals surface area contributed by atoms with Gasteiger partial charge in [-0.3, -0.25) is 0 Å². The molecule has 59 heavy (non-hydrogen) atoms. The van der Waals surface area contributed by atoms with E-state index in [1.54, 1.807) is 36.4 Å². The second-order valence-electron chi connectivity index (χ2n) is 13.4. The summed E-state index contributed by atoms with van der Waals surface area (Å²) < 4.78 is 225. The zero-order valence-corrected chi connectivity index (χ0v) is 30.2. The van der Waals surface area contributed by atoms with E-state index in [-0.39, 0.29) is 28.3 Å². The number of rotatable bonds is 6. The number of para-hydroxylation sites is 3. The Kier molecular flexibility index (Phi) is 3.94. The van der Waals surface area contributed by atoms with Gasteiger partial charge in [0.2, 0.25) is 0 Å². The second kappa shape index (κ2) is 13.4. The lowest BCUT2D eigenvalue weighted by Gasteiger charge is -2.11. The molecule has 9 aromatic carbocycles. The highest BCUT2D eigenvalue weighted by Crippen LogP contribution is 2.38. The third-order valence-electron chi connectivity index (χ3n) is 9.93. The lowest BCUT2D eigenvalue weighted by molar-refractivity contribution is 0.669. The van der Waals surface area contributed by atoms with E-state index in [2.05, 4.69) is 0 Å². The molecule has 4 heteroatoms. The van der Waals surface area contributed by atoms with Crippen molar-refractivity contribution in [3.63, 3.8) is 0 Å². The molecule has 0 aliphatic rings. The van der Waals surface area contributed by atoms with Crippen LogP contribution in [-0.4, -0.2) is 14.5 Å². The zero-order chi connectivity index (χ0) is 59.8. The maximum absolute atomic E-state index is 9.52. The Morgan fingerprint density at radius 1 is 0.475 bits per heavy atom. The molecular formula is C55H35N3O. The molecule has 0 N–H and O–H groups in total. The van der Waals surface area contributed by atoms with Crippen LogP contribution in [0.3, 0.4) is 0 Å². The molecule has 0 saturated heterocycles. The fourth-order valence-electron chi connectivity index (χ4n) is 7.23. The Bertz CT molecular complexity index is 4940. The minimum Gasteiger partial charge on any atom is -0.456 e. The quantitative estimate of drug-likeness (QED) is 0.169. The van der Waals surface area contributed by atoms with Crippen LogP contribution in [0.2, 0.25) is 0 Å². The summed E-state index contributed by atoms with van der Waals surface area (Å²) in [6.07, 6.45) is -0.206. The van der Waals surface area contributed by atoms with Gasteiger partial charge in [0.05, 0.1) is 66.4 Å². The topological polar surface area (TPSA) is 43.9 Å². The molecule has 0 bridgehead atoms. The Labute approximate surface area is 374 Å². The molecule has 12 rings (SSSR count). The molecule has 276 valence electrons. The first kappa shape index (κ1) is 17.4. The Morgan fingerprint density at radius 2 is 1.14 bits per heavy atom. The minimum absolute atomic E-state index is 0.0503. The summed E-state index contributed by atoms with van der Waals surface area (Å²) >= 11 is 0. The maximum Gasteiger partial charge on any atom is 0.136 e. The van der Waals surface area contributed by atoms with Gasteiger partial charge in [-0.25, -0.2) is 9.97 Å². The molecule has 0 unspecified atom stereocenters. The van der Waals surface area contributed by atoms with E-state index in [9.17, 15) is 19.2 Å². The van der Waals surface area contributed by atoms with Crippen molar-refractivity contribution in [2.75, 3.05) is 0 Å². The number of aromatic nitrogens is 3. The number of hydrogen-bond acceptors (Lipinski definition) is 3. The minimum atomic E-state index is -1.03. The molecule has 0 radical (unpaired) electrons. The molecule has 0 amide bonds. The molecule has 0 aliphatic carbocycles. The van der Waals surface area contributed by atoms with Gasteiger partial charge in [-0.15, -0.1) is 0 Å². The van der Waals surface area contributed by atoms with E-state index in [0.29, 0.717) is 28.0 Å². The average molecular weight is 778 g/mol. The van der Waals surface area contributed by atoms with Crippen LogP contribution < -0.4 is 0 Å². The Hall–Kier alpha value is -7.82. The predicted molar refractivity (Wildman–Crippen MR) is 244 cm³/mol. The van der Waals surface area contributed by atoms with Crippen molar-refractivity contribution in [1.29, 1.82) is 0 Å². The summed E-state index contributed by atoms with van der Waals surface area (Å²) in [5.41, 5.74) is -3.09. The first-order valence-electron chi connectivity index (χ1n) is 30.2. The van der Waals surface area contributed by atoms with Crippen molar-refractivity contribution in [3.05, 3.63) is 211 Å². The molecule has 0 spiro atoms. The van der Waals surface area contributed by atoms with Gasteiger partial charge in [0, 0.05) is 39.2 Å². The van der Waals surface area contributed by atoms with Gasteiger partial charge < -0.3 is 8.98 Å². The highest BCUT2D eigenvalue weighted by Gasteiger charge is 2.18. The standard InChI is InChI=1S/C55H35N3O/c1-2-11-38(12-3-1)55-49(56-47-17-7-8-18-48(47)57-55)32-42-15-10-20-52-54(42)45-30-27-41(34-53(45)59-52)37-23-21-35(22-24-37)36-25-28-43(29-26-36)58-50-19-9-6-16-44(50)46-31-39-13-4-5-14-40(39)33-51(46)58/h1-31,33-34H,32H2/i4D,5D,6D,9D,10D,13D,14D,15D,16D,19D,20D,21D,22D,23D,24D,25D,26D,27D,28D,29D,30D,31D,33D,34D. The van der Waals surface area contributed by atoms with Crippen LogP contribution in [0.1, 0.15) is 44.2 Å². The average Bonchev–Trinajstić information content (AvgIpc) is 2.01.